The Morgan fingerprint density at radius 1 is 1.27 bits per heavy atom. The van der Waals surface area contributed by atoms with Crippen LogP contribution in [0.3, 0.4) is 0 Å². The maximum atomic E-state index is 13.1. The number of carboxylic acid groups (broad SMARTS) is 1. The van der Waals surface area contributed by atoms with Gasteiger partial charge in [-0.25, -0.2) is 13.6 Å². The highest BCUT2D eigenvalue weighted by Gasteiger charge is 2.20. The minimum atomic E-state index is -1.26. The van der Waals surface area contributed by atoms with Crippen molar-refractivity contribution < 1.29 is 23.5 Å². The maximum Gasteiger partial charge on any atom is 0.326 e. The summed E-state index contributed by atoms with van der Waals surface area (Å²) in [6.45, 7) is 2.02. The van der Waals surface area contributed by atoms with Crippen molar-refractivity contribution in [2.45, 2.75) is 38.6 Å². The van der Waals surface area contributed by atoms with Crippen molar-refractivity contribution in [3.8, 4) is 0 Å². The zero-order chi connectivity index (χ0) is 16.5. The molecule has 0 aliphatic carbocycles. The third kappa shape index (κ3) is 6.47. The number of unbranched alkanes of at least 4 members (excludes halogenated alkanes) is 2. The average molecular weight is 311 g/mol. The molecule has 0 aromatic heterocycles. The van der Waals surface area contributed by atoms with Gasteiger partial charge in [0.1, 0.15) is 17.7 Å². The van der Waals surface area contributed by atoms with E-state index in [9.17, 15) is 18.4 Å². The molecule has 0 radical (unpaired) electrons. The predicted molar refractivity (Wildman–Crippen MR) is 78.3 cm³/mol. The van der Waals surface area contributed by atoms with Crippen LogP contribution < -0.4 is 5.32 Å². The second-order valence-electron chi connectivity index (χ2n) is 4.93. The Hall–Kier alpha value is -2.24. The molecule has 0 fully saturated rings. The summed E-state index contributed by atoms with van der Waals surface area (Å²) in [6.07, 6.45) is 5.41. The molecule has 22 heavy (non-hydrogen) atoms. The van der Waals surface area contributed by atoms with Gasteiger partial charge in [-0.1, -0.05) is 25.8 Å². The minimum absolute atomic E-state index is 0.167. The molecule has 1 aromatic carbocycles. The summed E-state index contributed by atoms with van der Waals surface area (Å²) in [5, 5.41) is 11.4. The fourth-order valence-corrected chi connectivity index (χ4v) is 1.90. The van der Waals surface area contributed by atoms with Gasteiger partial charge in [0, 0.05) is 12.5 Å². The second-order valence-corrected chi connectivity index (χ2v) is 4.93. The van der Waals surface area contributed by atoms with Gasteiger partial charge >= 0.3 is 5.97 Å². The largest absolute Gasteiger partial charge is 0.480 e. The number of hydrogen-bond acceptors (Lipinski definition) is 2. The first-order valence-corrected chi connectivity index (χ1v) is 7.07. The number of nitrogens with one attached hydrogen (secondary N) is 1. The van der Waals surface area contributed by atoms with Crippen LogP contribution in [0, 0.1) is 11.6 Å². The molecule has 4 nitrogen and oxygen atoms in total. The van der Waals surface area contributed by atoms with E-state index in [1.807, 2.05) is 6.92 Å². The normalized spacial score (nSPS) is 12.3. The van der Waals surface area contributed by atoms with Crippen molar-refractivity contribution in [1.82, 2.24) is 5.32 Å². The van der Waals surface area contributed by atoms with Gasteiger partial charge in [0.05, 0.1) is 0 Å². The van der Waals surface area contributed by atoms with Crippen molar-refractivity contribution in [2.75, 3.05) is 0 Å². The highest BCUT2D eigenvalue weighted by Crippen LogP contribution is 2.10. The molecule has 120 valence electrons. The molecule has 1 atom stereocenters. The van der Waals surface area contributed by atoms with Crippen molar-refractivity contribution in [1.29, 1.82) is 0 Å². The lowest BCUT2D eigenvalue weighted by Gasteiger charge is -2.13. The van der Waals surface area contributed by atoms with Gasteiger partial charge in [0.2, 0.25) is 5.91 Å². The average Bonchev–Trinajstić information content (AvgIpc) is 2.41. The summed E-state index contributed by atoms with van der Waals surface area (Å²) >= 11 is 0. The third-order valence-corrected chi connectivity index (χ3v) is 2.97. The van der Waals surface area contributed by atoms with E-state index in [4.69, 9.17) is 5.11 Å². The standard InChI is InChI=1S/C16H19F2NO3/c1-2-3-4-5-6-15(20)19-14(16(21)22)9-11-7-12(17)10-13(18)8-11/h5-8,10,14H,2-4,9H2,1H3,(H,19,20)(H,21,22)/b6-5+/t14-/m0/s1. The fourth-order valence-electron chi connectivity index (χ4n) is 1.90. The number of halogens is 2. The number of carbonyl (C=O) groups is 2. The van der Waals surface area contributed by atoms with Crippen LogP contribution >= 0.6 is 0 Å². The van der Waals surface area contributed by atoms with Gasteiger partial charge in [-0.05, 0) is 30.2 Å². The maximum absolute atomic E-state index is 13.1. The van der Waals surface area contributed by atoms with Crippen LogP contribution in [0.2, 0.25) is 0 Å². The molecule has 1 rings (SSSR count). The molecular formula is C16H19F2NO3. The summed E-state index contributed by atoms with van der Waals surface area (Å²) in [5.74, 6) is -3.38. The van der Waals surface area contributed by atoms with Gasteiger partial charge in [-0.3, -0.25) is 4.79 Å². The van der Waals surface area contributed by atoms with E-state index < -0.39 is 29.6 Å². The predicted octanol–water partition coefficient (Wildman–Crippen LogP) is 2.82. The molecule has 2 N–H and O–H groups in total. The topological polar surface area (TPSA) is 66.4 Å². The van der Waals surface area contributed by atoms with Crippen LogP contribution in [0.1, 0.15) is 31.7 Å². The molecule has 0 aliphatic rings. The number of carbonyl (C=O) groups excluding carboxylic acids is 1. The molecule has 0 unspecified atom stereocenters. The number of amides is 1. The van der Waals surface area contributed by atoms with Crippen LogP contribution in [-0.4, -0.2) is 23.0 Å². The van der Waals surface area contributed by atoms with Crippen molar-refractivity contribution in [3.63, 3.8) is 0 Å². The van der Waals surface area contributed by atoms with Gasteiger partial charge < -0.3 is 10.4 Å². The van der Waals surface area contributed by atoms with E-state index in [1.165, 1.54) is 6.08 Å². The van der Waals surface area contributed by atoms with E-state index in [2.05, 4.69) is 5.32 Å². The lowest BCUT2D eigenvalue weighted by Crippen LogP contribution is -2.41. The molecule has 0 spiro atoms. The fraction of sp³-hybridized carbons (Fsp3) is 0.375. The Balaban J connectivity index is 2.67. The van der Waals surface area contributed by atoms with Gasteiger partial charge in [-0.15, -0.1) is 0 Å². The summed E-state index contributed by atoms with van der Waals surface area (Å²) in [7, 11) is 0. The number of allylic oxidation sites excluding steroid dienone is 1. The Kier molecular flexibility index (Phi) is 7.22. The van der Waals surface area contributed by atoms with Crippen LogP contribution in [0.25, 0.3) is 0 Å². The van der Waals surface area contributed by atoms with Gasteiger partial charge in [0.15, 0.2) is 0 Å². The smallest absolute Gasteiger partial charge is 0.326 e. The zero-order valence-corrected chi connectivity index (χ0v) is 12.3. The molecule has 0 saturated heterocycles. The number of carboxylic acids is 1. The number of rotatable bonds is 8. The quantitative estimate of drug-likeness (QED) is 0.573. The SMILES string of the molecule is CCCC/C=C/C(=O)N[C@@H](Cc1cc(F)cc(F)c1)C(=O)O. The van der Waals surface area contributed by atoms with E-state index in [0.717, 1.165) is 31.4 Å². The molecular weight excluding hydrogens is 292 g/mol. The van der Waals surface area contributed by atoms with Gasteiger partial charge in [-0.2, -0.15) is 0 Å². The van der Waals surface area contributed by atoms with Gasteiger partial charge in [0.25, 0.3) is 0 Å². The molecule has 1 amide bonds. The molecule has 0 heterocycles. The number of hydrogen-bond donors (Lipinski definition) is 2. The Bertz CT molecular complexity index is 538. The number of aliphatic carboxylic acids is 1. The highest BCUT2D eigenvalue weighted by atomic mass is 19.1. The molecule has 1 aromatic rings. The van der Waals surface area contributed by atoms with Crippen LogP contribution in [0.4, 0.5) is 8.78 Å². The van der Waals surface area contributed by atoms with E-state index in [1.54, 1.807) is 6.08 Å². The number of benzene rings is 1. The van der Waals surface area contributed by atoms with Crippen LogP contribution in [-0.2, 0) is 16.0 Å². The molecule has 0 bridgehead atoms. The van der Waals surface area contributed by atoms with Crippen LogP contribution in [0.15, 0.2) is 30.4 Å². The third-order valence-electron chi connectivity index (χ3n) is 2.97. The monoisotopic (exact) mass is 311 g/mol. The van der Waals surface area contributed by atoms with Crippen molar-refractivity contribution >= 4 is 11.9 Å². The first-order chi connectivity index (χ1) is 10.4. The minimum Gasteiger partial charge on any atom is -0.480 e. The Morgan fingerprint density at radius 3 is 2.45 bits per heavy atom. The van der Waals surface area contributed by atoms with Crippen molar-refractivity contribution in [2.24, 2.45) is 0 Å². The zero-order valence-electron chi connectivity index (χ0n) is 12.3. The van der Waals surface area contributed by atoms with E-state index in [0.29, 0.717) is 6.07 Å². The lowest BCUT2D eigenvalue weighted by atomic mass is 10.1. The van der Waals surface area contributed by atoms with E-state index >= 15 is 0 Å². The summed E-state index contributed by atoms with van der Waals surface area (Å²) in [5.41, 5.74) is 0.167. The highest BCUT2D eigenvalue weighted by molar-refractivity contribution is 5.91. The van der Waals surface area contributed by atoms with E-state index in [-0.39, 0.29) is 12.0 Å². The first kappa shape index (κ1) is 17.8. The summed E-state index contributed by atoms with van der Waals surface area (Å²) < 4.78 is 26.2. The first-order valence-electron chi connectivity index (χ1n) is 7.07. The summed E-state index contributed by atoms with van der Waals surface area (Å²) in [4.78, 5) is 22.8. The summed E-state index contributed by atoms with van der Waals surface area (Å²) in [6, 6.07) is 1.54. The van der Waals surface area contributed by atoms with Crippen molar-refractivity contribution in [3.05, 3.63) is 47.5 Å². The van der Waals surface area contributed by atoms with Crippen LogP contribution in [0.5, 0.6) is 0 Å². The molecule has 0 aliphatic heterocycles. The second kappa shape index (κ2) is 8.92. The lowest BCUT2D eigenvalue weighted by molar-refractivity contribution is -0.141. The Morgan fingerprint density at radius 2 is 1.91 bits per heavy atom. The molecule has 6 heteroatoms. The Labute approximate surface area is 127 Å². The molecule has 0 saturated carbocycles.